The molecular weight excluding hydrogens is 238 g/mol. The first-order chi connectivity index (χ1) is 8.32. The van der Waals surface area contributed by atoms with Gasteiger partial charge in [0.2, 0.25) is 0 Å². The van der Waals surface area contributed by atoms with E-state index in [-0.39, 0.29) is 18.9 Å². The normalized spacial score (nSPS) is 9.56. The molecule has 18 heavy (non-hydrogen) atoms. The fourth-order valence-electron chi connectivity index (χ4n) is 1.07. The number of carbonyl (C=O) groups is 2. The van der Waals surface area contributed by atoms with E-state index in [1.54, 1.807) is 10.6 Å². The standard InChI is InChI=1S/C7H9NO2.C5H10O3/c1-8-4-2-3-6(8)5-7(9)10;1-4(2)3-8-5(6)7/h2-4H,5H2,1H3,(H,9,10);4H,3H2,1-2H3,(H,6,7). The van der Waals surface area contributed by atoms with Gasteiger partial charge in [-0.15, -0.1) is 0 Å². The van der Waals surface area contributed by atoms with Crippen LogP contribution in [-0.4, -0.2) is 33.5 Å². The van der Waals surface area contributed by atoms with Crippen molar-refractivity contribution < 1.29 is 24.5 Å². The Bertz CT molecular complexity index is 384. The first-order valence-corrected chi connectivity index (χ1v) is 5.50. The van der Waals surface area contributed by atoms with Crippen molar-refractivity contribution in [3.05, 3.63) is 24.0 Å². The van der Waals surface area contributed by atoms with Gasteiger partial charge in [-0.1, -0.05) is 13.8 Å². The monoisotopic (exact) mass is 257 g/mol. The zero-order valence-electron chi connectivity index (χ0n) is 10.8. The molecule has 1 heterocycles. The fraction of sp³-hybridized carbons (Fsp3) is 0.500. The van der Waals surface area contributed by atoms with E-state index in [9.17, 15) is 9.59 Å². The van der Waals surface area contributed by atoms with Gasteiger partial charge in [-0.05, 0) is 18.1 Å². The summed E-state index contributed by atoms with van der Waals surface area (Å²) in [5.41, 5.74) is 0.826. The molecule has 102 valence electrons. The van der Waals surface area contributed by atoms with Crippen LogP contribution in [-0.2, 0) is 23.0 Å². The summed E-state index contributed by atoms with van der Waals surface area (Å²) in [5.74, 6) is -0.507. The van der Waals surface area contributed by atoms with E-state index in [2.05, 4.69) is 4.74 Å². The molecule has 6 nitrogen and oxygen atoms in total. The molecule has 0 fully saturated rings. The summed E-state index contributed by atoms with van der Waals surface area (Å²) >= 11 is 0. The average Bonchev–Trinajstić information content (AvgIpc) is 2.62. The Morgan fingerprint density at radius 1 is 1.39 bits per heavy atom. The van der Waals surface area contributed by atoms with E-state index in [0.29, 0.717) is 0 Å². The number of hydrogen-bond acceptors (Lipinski definition) is 3. The highest BCUT2D eigenvalue weighted by molar-refractivity contribution is 5.69. The molecule has 0 aromatic carbocycles. The number of rotatable bonds is 4. The highest BCUT2D eigenvalue weighted by Crippen LogP contribution is 1.99. The number of carboxylic acids is 1. The van der Waals surface area contributed by atoms with Crippen molar-refractivity contribution in [2.75, 3.05) is 6.61 Å². The van der Waals surface area contributed by atoms with Gasteiger partial charge in [0, 0.05) is 18.9 Å². The summed E-state index contributed by atoms with van der Waals surface area (Å²) in [5, 5.41) is 16.3. The van der Waals surface area contributed by atoms with Gasteiger partial charge in [-0.3, -0.25) is 4.79 Å². The van der Waals surface area contributed by atoms with Crippen LogP contribution in [0.25, 0.3) is 0 Å². The number of aryl methyl sites for hydroxylation is 1. The molecular formula is C12H19NO5. The summed E-state index contributed by atoms with van der Waals surface area (Å²) in [7, 11) is 1.83. The molecule has 1 aromatic rings. The van der Waals surface area contributed by atoms with Crippen LogP contribution in [0, 0.1) is 5.92 Å². The predicted molar refractivity (Wildman–Crippen MR) is 65.6 cm³/mol. The third-order valence-corrected chi connectivity index (χ3v) is 1.92. The number of carboxylic acid groups (broad SMARTS) is 2. The predicted octanol–water partition coefficient (Wildman–Crippen LogP) is 1.99. The van der Waals surface area contributed by atoms with Crippen molar-refractivity contribution in [3.8, 4) is 0 Å². The van der Waals surface area contributed by atoms with Crippen LogP contribution in [0.2, 0.25) is 0 Å². The van der Waals surface area contributed by atoms with Gasteiger partial charge >= 0.3 is 12.1 Å². The highest BCUT2D eigenvalue weighted by atomic mass is 16.7. The van der Waals surface area contributed by atoms with E-state index in [1.165, 1.54) is 0 Å². The quantitative estimate of drug-likeness (QED) is 0.805. The summed E-state index contributed by atoms with van der Waals surface area (Å²) in [6.07, 6.45) is 0.737. The van der Waals surface area contributed by atoms with Gasteiger partial charge < -0.3 is 19.5 Å². The summed E-state index contributed by atoms with van der Waals surface area (Å²) < 4.78 is 6.02. The minimum Gasteiger partial charge on any atom is -0.481 e. The van der Waals surface area contributed by atoms with Crippen LogP contribution in [0.4, 0.5) is 4.79 Å². The third-order valence-electron chi connectivity index (χ3n) is 1.92. The second-order valence-corrected chi connectivity index (χ2v) is 4.15. The van der Waals surface area contributed by atoms with Gasteiger partial charge in [0.1, 0.15) is 0 Å². The number of ether oxygens (including phenoxy) is 1. The van der Waals surface area contributed by atoms with Gasteiger partial charge in [-0.25, -0.2) is 4.79 Å². The second kappa shape index (κ2) is 8.16. The van der Waals surface area contributed by atoms with Crippen molar-refractivity contribution in [3.63, 3.8) is 0 Å². The van der Waals surface area contributed by atoms with Crippen LogP contribution >= 0.6 is 0 Å². The molecule has 2 N–H and O–H groups in total. The Morgan fingerprint density at radius 3 is 2.28 bits per heavy atom. The Balaban J connectivity index is 0.000000331. The molecule has 0 unspecified atom stereocenters. The molecule has 0 aliphatic heterocycles. The SMILES string of the molecule is CC(C)COC(=O)O.Cn1cccc1CC(=O)O. The minimum absolute atomic E-state index is 0.101. The number of nitrogens with zero attached hydrogens (tertiary/aromatic N) is 1. The van der Waals surface area contributed by atoms with Crippen LogP contribution in [0.1, 0.15) is 19.5 Å². The molecule has 6 heteroatoms. The molecule has 0 saturated heterocycles. The zero-order chi connectivity index (χ0) is 14.1. The number of hydrogen-bond donors (Lipinski definition) is 2. The summed E-state index contributed by atoms with van der Waals surface area (Å²) in [4.78, 5) is 19.9. The summed E-state index contributed by atoms with van der Waals surface area (Å²) in [6.45, 7) is 4.07. The van der Waals surface area contributed by atoms with E-state index in [0.717, 1.165) is 5.69 Å². The fourth-order valence-corrected chi connectivity index (χ4v) is 1.07. The van der Waals surface area contributed by atoms with E-state index in [4.69, 9.17) is 10.2 Å². The average molecular weight is 257 g/mol. The smallest absolute Gasteiger partial charge is 0.481 e. The lowest BCUT2D eigenvalue weighted by molar-refractivity contribution is -0.136. The molecule has 0 atom stereocenters. The molecule has 0 aliphatic carbocycles. The van der Waals surface area contributed by atoms with E-state index >= 15 is 0 Å². The highest BCUT2D eigenvalue weighted by Gasteiger charge is 2.01. The number of aromatic nitrogens is 1. The molecule has 0 amide bonds. The molecule has 0 saturated carbocycles. The first kappa shape index (κ1) is 16.0. The van der Waals surface area contributed by atoms with Crippen LogP contribution in [0.15, 0.2) is 18.3 Å². The Morgan fingerprint density at radius 2 is 2.00 bits per heavy atom. The van der Waals surface area contributed by atoms with Crippen molar-refractivity contribution in [2.45, 2.75) is 20.3 Å². The topological polar surface area (TPSA) is 88.8 Å². The van der Waals surface area contributed by atoms with Crippen molar-refractivity contribution in [2.24, 2.45) is 13.0 Å². The third kappa shape index (κ3) is 8.20. The van der Waals surface area contributed by atoms with Gasteiger partial charge in [0.05, 0.1) is 13.0 Å². The lowest BCUT2D eigenvalue weighted by atomic mass is 10.2. The second-order valence-electron chi connectivity index (χ2n) is 4.15. The molecule has 0 aliphatic rings. The lowest BCUT2D eigenvalue weighted by Crippen LogP contribution is -2.06. The van der Waals surface area contributed by atoms with Gasteiger partial charge in [0.25, 0.3) is 0 Å². The largest absolute Gasteiger partial charge is 0.505 e. The maximum atomic E-state index is 10.2. The molecule has 0 radical (unpaired) electrons. The van der Waals surface area contributed by atoms with E-state index < -0.39 is 12.1 Å². The lowest BCUT2D eigenvalue weighted by Gasteiger charge is -2.00. The minimum atomic E-state index is -1.20. The maximum absolute atomic E-state index is 10.2. The Labute approximate surface area is 106 Å². The van der Waals surface area contributed by atoms with Crippen molar-refractivity contribution in [1.29, 1.82) is 0 Å². The zero-order valence-corrected chi connectivity index (χ0v) is 10.8. The van der Waals surface area contributed by atoms with Gasteiger partial charge in [-0.2, -0.15) is 0 Å². The molecule has 1 aromatic heterocycles. The van der Waals surface area contributed by atoms with Crippen molar-refractivity contribution >= 4 is 12.1 Å². The molecule has 0 spiro atoms. The van der Waals surface area contributed by atoms with Gasteiger partial charge in [0.15, 0.2) is 0 Å². The summed E-state index contributed by atoms with van der Waals surface area (Å²) in [6, 6.07) is 3.63. The number of aliphatic carboxylic acids is 1. The van der Waals surface area contributed by atoms with E-state index in [1.807, 2.05) is 33.2 Å². The first-order valence-electron chi connectivity index (χ1n) is 5.50. The maximum Gasteiger partial charge on any atom is 0.505 e. The van der Waals surface area contributed by atoms with Crippen LogP contribution in [0.3, 0.4) is 0 Å². The molecule has 1 rings (SSSR count). The Hall–Kier alpha value is -1.98. The van der Waals surface area contributed by atoms with Crippen LogP contribution in [0.5, 0.6) is 0 Å². The Kier molecular flexibility index (Phi) is 7.26. The van der Waals surface area contributed by atoms with Crippen molar-refractivity contribution in [1.82, 2.24) is 4.57 Å². The molecule has 0 bridgehead atoms. The van der Waals surface area contributed by atoms with Crippen LogP contribution < -0.4 is 0 Å².